The molecule has 104 valence electrons. The minimum absolute atomic E-state index is 0.0441. The van der Waals surface area contributed by atoms with E-state index in [1.807, 2.05) is 6.92 Å². The smallest absolute Gasteiger partial charge is 0.129 e. The molecule has 1 aromatic carbocycles. The Hall–Kier alpha value is -0.970. The highest BCUT2D eigenvalue weighted by Crippen LogP contribution is 2.53. The standard InChI is InChI=1S/C15H20FNO2/c1-9-2-4-12(16)11(6-9)14(18)15(8-17)7-10-3-5-13(15)19-10/h2,4,6,10,13-14,18H,3,5,7-8,17H2,1H3. The molecule has 2 saturated heterocycles. The second-order valence-corrected chi connectivity index (χ2v) is 5.89. The second kappa shape index (κ2) is 4.54. The first kappa shape index (κ1) is 13.0. The molecule has 1 aromatic rings. The van der Waals surface area contributed by atoms with Crippen molar-refractivity contribution in [3.05, 3.63) is 35.1 Å². The molecule has 2 heterocycles. The molecule has 0 aromatic heterocycles. The third-order valence-corrected chi connectivity index (χ3v) is 4.73. The summed E-state index contributed by atoms with van der Waals surface area (Å²) in [4.78, 5) is 0. The van der Waals surface area contributed by atoms with Crippen molar-refractivity contribution in [1.29, 1.82) is 0 Å². The van der Waals surface area contributed by atoms with Gasteiger partial charge in [0.25, 0.3) is 0 Å². The molecule has 3 nitrogen and oxygen atoms in total. The highest BCUT2D eigenvalue weighted by molar-refractivity contribution is 5.28. The van der Waals surface area contributed by atoms with Crippen LogP contribution in [0.2, 0.25) is 0 Å². The van der Waals surface area contributed by atoms with E-state index >= 15 is 0 Å². The van der Waals surface area contributed by atoms with Crippen LogP contribution in [-0.2, 0) is 4.74 Å². The Balaban J connectivity index is 1.98. The fraction of sp³-hybridized carbons (Fsp3) is 0.600. The van der Waals surface area contributed by atoms with Gasteiger partial charge in [-0.2, -0.15) is 0 Å². The molecule has 19 heavy (non-hydrogen) atoms. The number of hydrogen-bond acceptors (Lipinski definition) is 3. The Morgan fingerprint density at radius 3 is 2.89 bits per heavy atom. The maximum absolute atomic E-state index is 14.0. The number of aliphatic hydroxyl groups is 1. The van der Waals surface area contributed by atoms with Crippen LogP contribution in [0.15, 0.2) is 18.2 Å². The number of rotatable bonds is 3. The summed E-state index contributed by atoms with van der Waals surface area (Å²) >= 11 is 0. The minimum atomic E-state index is -0.896. The average molecular weight is 265 g/mol. The van der Waals surface area contributed by atoms with E-state index in [0.717, 1.165) is 24.8 Å². The molecule has 2 fully saturated rings. The second-order valence-electron chi connectivity index (χ2n) is 5.89. The van der Waals surface area contributed by atoms with Crippen LogP contribution in [0.5, 0.6) is 0 Å². The highest BCUT2D eigenvalue weighted by Gasteiger charge is 2.56. The number of hydrogen-bond donors (Lipinski definition) is 2. The Kier molecular flexibility index (Phi) is 3.12. The lowest BCUT2D eigenvalue weighted by Crippen LogP contribution is -2.44. The molecule has 4 atom stereocenters. The Morgan fingerprint density at radius 1 is 1.53 bits per heavy atom. The summed E-state index contributed by atoms with van der Waals surface area (Å²) in [6, 6.07) is 4.83. The van der Waals surface area contributed by atoms with Crippen molar-refractivity contribution in [2.75, 3.05) is 6.54 Å². The third kappa shape index (κ3) is 1.90. The molecule has 2 aliphatic rings. The summed E-state index contributed by atoms with van der Waals surface area (Å²) < 4.78 is 19.8. The maximum atomic E-state index is 14.0. The van der Waals surface area contributed by atoms with E-state index in [1.54, 1.807) is 12.1 Å². The van der Waals surface area contributed by atoms with E-state index in [1.165, 1.54) is 6.07 Å². The van der Waals surface area contributed by atoms with Crippen LogP contribution in [0.4, 0.5) is 4.39 Å². The van der Waals surface area contributed by atoms with Gasteiger partial charge in [-0.1, -0.05) is 17.7 Å². The normalized spacial score (nSPS) is 34.7. The minimum Gasteiger partial charge on any atom is -0.388 e. The van der Waals surface area contributed by atoms with Gasteiger partial charge in [0.05, 0.1) is 18.3 Å². The SMILES string of the molecule is Cc1ccc(F)c(C(O)C2(CN)CC3CCC2O3)c1. The van der Waals surface area contributed by atoms with E-state index in [4.69, 9.17) is 10.5 Å². The first-order valence-corrected chi connectivity index (χ1v) is 6.86. The Bertz CT molecular complexity index is 493. The van der Waals surface area contributed by atoms with Crippen molar-refractivity contribution in [2.24, 2.45) is 11.1 Å². The van der Waals surface area contributed by atoms with Gasteiger partial charge in [0.15, 0.2) is 0 Å². The molecule has 2 bridgehead atoms. The molecule has 0 radical (unpaired) electrons. The van der Waals surface area contributed by atoms with Gasteiger partial charge in [-0.25, -0.2) is 4.39 Å². The molecular weight excluding hydrogens is 245 g/mol. The van der Waals surface area contributed by atoms with Crippen molar-refractivity contribution in [3.8, 4) is 0 Å². The average Bonchev–Trinajstić information content (AvgIpc) is 3.01. The summed E-state index contributed by atoms with van der Waals surface area (Å²) in [5, 5.41) is 10.7. The number of ether oxygens (including phenoxy) is 1. The quantitative estimate of drug-likeness (QED) is 0.879. The lowest BCUT2D eigenvalue weighted by Gasteiger charge is -2.38. The van der Waals surface area contributed by atoms with Crippen LogP contribution in [0.25, 0.3) is 0 Å². The molecular formula is C15H20FNO2. The summed E-state index contributed by atoms with van der Waals surface area (Å²) in [5.41, 5.74) is 6.67. The number of fused-ring (bicyclic) bond motifs is 2. The number of nitrogens with two attached hydrogens (primary N) is 1. The fourth-order valence-electron chi connectivity index (χ4n) is 3.63. The van der Waals surface area contributed by atoms with E-state index in [2.05, 4.69) is 0 Å². The van der Waals surface area contributed by atoms with Gasteiger partial charge in [-0.3, -0.25) is 0 Å². The molecule has 3 rings (SSSR count). The van der Waals surface area contributed by atoms with E-state index in [9.17, 15) is 9.50 Å². The molecule has 0 spiro atoms. The van der Waals surface area contributed by atoms with E-state index in [-0.39, 0.29) is 18.0 Å². The topological polar surface area (TPSA) is 55.5 Å². The van der Waals surface area contributed by atoms with Gasteiger partial charge in [-0.05, 0) is 32.3 Å². The van der Waals surface area contributed by atoms with Crippen LogP contribution in [0.3, 0.4) is 0 Å². The van der Waals surface area contributed by atoms with Crippen molar-refractivity contribution < 1.29 is 14.2 Å². The monoisotopic (exact) mass is 265 g/mol. The zero-order valence-corrected chi connectivity index (χ0v) is 11.1. The lowest BCUT2D eigenvalue weighted by atomic mass is 9.68. The van der Waals surface area contributed by atoms with Gasteiger partial charge >= 0.3 is 0 Å². The Morgan fingerprint density at radius 2 is 2.32 bits per heavy atom. The van der Waals surface area contributed by atoms with Crippen LogP contribution in [0.1, 0.15) is 36.5 Å². The van der Waals surface area contributed by atoms with Gasteiger partial charge < -0.3 is 15.6 Å². The highest BCUT2D eigenvalue weighted by atomic mass is 19.1. The molecule has 4 unspecified atom stereocenters. The third-order valence-electron chi connectivity index (χ3n) is 4.73. The summed E-state index contributed by atoms with van der Waals surface area (Å²) in [6.07, 6.45) is 1.89. The number of aliphatic hydroxyl groups excluding tert-OH is 1. The van der Waals surface area contributed by atoms with Crippen LogP contribution < -0.4 is 5.73 Å². The molecule has 3 N–H and O–H groups in total. The van der Waals surface area contributed by atoms with Crippen molar-refractivity contribution in [3.63, 3.8) is 0 Å². The molecule has 0 saturated carbocycles. The predicted molar refractivity (Wildman–Crippen MR) is 70.1 cm³/mol. The summed E-state index contributed by atoms with van der Waals surface area (Å²) in [6.45, 7) is 2.21. The van der Waals surface area contributed by atoms with E-state index in [0.29, 0.717) is 12.1 Å². The zero-order chi connectivity index (χ0) is 13.6. The van der Waals surface area contributed by atoms with Gasteiger partial charge in [0.1, 0.15) is 5.82 Å². The summed E-state index contributed by atoms with van der Waals surface area (Å²) in [7, 11) is 0. The van der Waals surface area contributed by atoms with E-state index < -0.39 is 11.5 Å². The van der Waals surface area contributed by atoms with Gasteiger partial charge in [-0.15, -0.1) is 0 Å². The maximum Gasteiger partial charge on any atom is 0.129 e. The molecule has 2 aliphatic heterocycles. The molecule has 4 heteroatoms. The molecule has 0 aliphatic carbocycles. The molecule has 0 amide bonds. The number of benzene rings is 1. The van der Waals surface area contributed by atoms with Crippen molar-refractivity contribution in [1.82, 2.24) is 0 Å². The number of aryl methyl sites for hydroxylation is 1. The van der Waals surface area contributed by atoms with Gasteiger partial charge in [0, 0.05) is 17.5 Å². The van der Waals surface area contributed by atoms with Crippen LogP contribution in [0, 0.1) is 18.2 Å². The van der Waals surface area contributed by atoms with Crippen molar-refractivity contribution in [2.45, 2.75) is 44.5 Å². The summed E-state index contributed by atoms with van der Waals surface area (Å²) in [5.74, 6) is -0.367. The van der Waals surface area contributed by atoms with Crippen LogP contribution >= 0.6 is 0 Å². The van der Waals surface area contributed by atoms with Crippen LogP contribution in [-0.4, -0.2) is 23.9 Å². The van der Waals surface area contributed by atoms with Gasteiger partial charge in [0.2, 0.25) is 0 Å². The lowest BCUT2D eigenvalue weighted by molar-refractivity contribution is -0.0280. The van der Waals surface area contributed by atoms with Crippen molar-refractivity contribution >= 4 is 0 Å². The first-order chi connectivity index (χ1) is 9.06. The fourth-order valence-corrected chi connectivity index (χ4v) is 3.63. The Labute approximate surface area is 112 Å². The first-order valence-electron chi connectivity index (χ1n) is 6.86. The zero-order valence-electron chi connectivity index (χ0n) is 11.1. The largest absolute Gasteiger partial charge is 0.388 e. The number of halogens is 1. The predicted octanol–water partition coefficient (Wildman–Crippen LogP) is 2.06.